The summed E-state index contributed by atoms with van der Waals surface area (Å²) in [4.78, 5) is 9.71. The SMILES string of the molecule is C=C1NC(C2CC2)=N/C=C(C(=C)NCC(c2ccccc2)c2cc([N+](=C)CC)c(C)c(-c3cc(C)c(F)cc3F)n2)\C=C/1Cl.CC. The van der Waals surface area contributed by atoms with Crippen molar-refractivity contribution in [1.82, 2.24) is 15.6 Å². The summed E-state index contributed by atoms with van der Waals surface area (Å²) in [6.45, 7) is 23.1. The van der Waals surface area contributed by atoms with Gasteiger partial charge in [-0.1, -0.05) is 68.9 Å². The molecule has 2 aromatic carbocycles. The second kappa shape index (κ2) is 15.3. The average Bonchev–Trinajstić information content (AvgIpc) is 3.90. The summed E-state index contributed by atoms with van der Waals surface area (Å²) in [5.74, 6) is -0.268. The summed E-state index contributed by atoms with van der Waals surface area (Å²) in [5, 5.41) is 7.19. The van der Waals surface area contributed by atoms with Crippen molar-refractivity contribution >= 4 is 29.8 Å². The predicted molar refractivity (Wildman–Crippen MR) is 188 cm³/mol. The molecule has 1 saturated carbocycles. The van der Waals surface area contributed by atoms with Crippen LogP contribution < -0.4 is 10.6 Å². The van der Waals surface area contributed by atoms with E-state index in [1.807, 2.05) is 68.7 Å². The lowest BCUT2D eigenvalue weighted by Gasteiger charge is -2.22. The van der Waals surface area contributed by atoms with Gasteiger partial charge in [0.2, 0.25) is 5.69 Å². The maximum Gasteiger partial charge on any atom is 0.211 e. The number of allylic oxidation sites excluding steroid dienone is 2. The van der Waals surface area contributed by atoms with Gasteiger partial charge in [-0.3, -0.25) is 4.98 Å². The summed E-state index contributed by atoms with van der Waals surface area (Å²) >= 11 is 6.57. The van der Waals surface area contributed by atoms with Gasteiger partial charge in [0.1, 0.15) is 30.7 Å². The molecule has 1 aliphatic carbocycles. The third-order valence-corrected chi connectivity index (χ3v) is 8.41. The van der Waals surface area contributed by atoms with Crippen molar-refractivity contribution in [2.24, 2.45) is 10.9 Å². The molecular weight excluding hydrogens is 600 g/mol. The van der Waals surface area contributed by atoms with Gasteiger partial charge in [0, 0.05) is 59.1 Å². The molecule has 2 heterocycles. The standard InChI is InChI=1S/C36H37ClF2N5.C2H6/c1-7-44(6)34-18-33(43-35(22(34)3)28-15-21(2)31(38)17-32(28)39)29(25-11-9-8-10-12-25)20-40-23(4)27-16-30(37)24(5)42-36(41-19-27)26-13-14-26;1-2/h8-12,15-19,26,29,40H,4-7,13-14,20H2,1-3H3,(H,41,42);1-2H3/q+1;/b27-19+,30-16+;. The number of aliphatic imine (C=N–C) groups is 1. The maximum absolute atomic E-state index is 15.3. The molecule has 46 heavy (non-hydrogen) atoms. The second-order valence-corrected chi connectivity index (χ2v) is 11.7. The van der Waals surface area contributed by atoms with Crippen LogP contribution in [0, 0.1) is 31.4 Å². The van der Waals surface area contributed by atoms with Gasteiger partial charge in [0.15, 0.2) is 0 Å². The van der Waals surface area contributed by atoms with Crippen molar-refractivity contribution < 1.29 is 13.4 Å². The normalized spacial score (nSPS) is 17.4. The smallest absolute Gasteiger partial charge is 0.211 e. The summed E-state index contributed by atoms with van der Waals surface area (Å²) in [5.41, 5.74) is 6.31. The molecule has 1 aliphatic heterocycles. The Morgan fingerprint density at radius 1 is 1.11 bits per heavy atom. The zero-order chi connectivity index (χ0) is 33.5. The number of benzene rings is 2. The number of amidine groups is 1. The van der Waals surface area contributed by atoms with Crippen molar-refractivity contribution in [3.05, 3.63) is 130 Å². The minimum atomic E-state index is -0.663. The molecule has 0 bridgehead atoms. The minimum absolute atomic E-state index is 0.246. The molecule has 240 valence electrons. The highest BCUT2D eigenvalue weighted by atomic mass is 35.5. The van der Waals surface area contributed by atoms with E-state index < -0.39 is 11.6 Å². The molecule has 0 saturated heterocycles. The first-order chi connectivity index (χ1) is 22.1. The molecule has 1 fully saturated rings. The molecule has 0 radical (unpaired) electrons. The van der Waals surface area contributed by atoms with Gasteiger partial charge in [-0.05, 0) is 56.9 Å². The van der Waals surface area contributed by atoms with E-state index in [1.54, 1.807) is 19.2 Å². The highest BCUT2D eigenvalue weighted by Gasteiger charge is 2.29. The van der Waals surface area contributed by atoms with Crippen LogP contribution in [0.3, 0.4) is 0 Å². The van der Waals surface area contributed by atoms with Crippen LogP contribution in [0.2, 0.25) is 0 Å². The maximum atomic E-state index is 15.3. The first kappa shape index (κ1) is 34.5. The quantitative estimate of drug-likeness (QED) is 0.171. The number of halogens is 3. The monoisotopic (exact) mass is 642 g/mol. The number of hydrogen-bond donors (Lipinski definition) is 2. The molecule has 5 nitrogen and oxygen atoms in total. The molecule has 1 atom stereocenters. The second-order valence-electron chi connectivity index (χ2n) is 11.3. The van der Waals surface area contributed by atoms with Gasteiger partial charge >= 0.3 is 0 Å². The Balaban J connectivity index is 0.00000235. The number of pyridine rings is 1. The van der Waals surface area contributed by atoms with Crippen molar-refractivity contribution in [3.63, 3.8) is 0 Å². The summed E-state index contributed by atoms with van der Waals surface area (Å²) in [6, 6.07) is 14.4. The van der Waals surface area contributed by atoms with E-state index in [-0.39, 0.29) is 11.5 Å². The minimum Gasteiger partial charge on any atom is -0.384 e. The van der Waals surface area contributed by atoms with Crippen molar-refractivity contribution in [3.8, 4) is 11.3 Å². The highest BCUT2D eigenvalue weighted by molar-refractivity contribution is 6.32. The lowest BCUT2D eigenvalue weighted by molar-refractivity contribution is -0.427. The van der Waals surface area contributed by atoms with E-state index in [9.17, 15) is 4.39 Å². The Kier molecular flexibility index (Phi) is 11.5. The van der Waals surface area contributed by atoms with E-state index in [4.69, 9.17) is 16.6 Å². The summed E-state index contributed by atoms with van der Waals surface area (Å²) in [6.07, 6.45) is 5.72. The van der Waals surface area contributed by atoms with E-state index >= 15 is 4.39 Å². The fourth-order valence-corrected chi connectivity index (χ4v) is 5.34. The number of aromatic nitrogens is 1. The zero-order valence-electron chi connectivity index (χ0n) is 27.4. The summed E-state index contributed by atoms with van der Waals surface area (Å²) < 4.78 is 31.3. The predicted octanol–water partition coefficient (Wildman–Crippen LogP) is 9.20. The Bertz CT molecular complexity index is 1740. The van der Waals surface area contributed by atoms with Crippen LogP contribution in [0.25, 0.3) is 11.3 Å². The van der Waals surface area contributed by atoms with Gasteiger partial charge in [0.25, 0.3) is 0 Å². The van der Waals surface area contributed by atoms with Gasteiger partial charge in [0.05, 0.1) is 22.1 Å². The molecule has 1 unspecified atom stereocenters. The van der Waals surface area contributed by atoms with Crippen LogP contribution in [0.4, 0.5) is 14.5 Å². The number of nitrogens with one attached hydrogen (secondary N) is 2. The van der Waals surface area contributed by atoms with Crippen LogP contribution in [0.5, 0.6) is 0 Å². The fraction of sp³-hybridized carbons (Fsp3) is 0.289. The van der Waals surface area contributed by atoms with E-state index in [0.717, 1.165) is 47.1 Å². The molecule has 2 N–H and O–H groups in total. The van der Waals surface area contributed by atoms with Crippen LogP contribution in [0.15, 0.2) is 101 Å². The lowest BCUT2D eigenvalue weighted by Crippen LogP contribution is -2.26. The number of aryl methyl sites for hydroxylation is 1. The third-order valence-electron chi connectivity index (χ3n) is 8.07. The molecule has 3 aromatic rings. The van der Waals surface area contributed by atoms with Crippen molar-refractivity contribution in [1.29, 1.82) is 0 Å². The molecule has 0 amide bonds. The van der Waals surface area contributed by atoms with Gasteiger partial charge in [-0.15, -0.1) is 0 Å². The number of hydrogen-bond acceptors (Lipinski definition) is 4. The highest BCUT2D eigenvalue weighted by Crippen LogP contribution is 2.36. The molecule has 2 aliphatic rings. The largest absolute Gasteiger partial charge is 0.384 e. The Hall–Kier alpha value is -4.36. The first-order valence-electron chi connectivity index (χ1n) is 15.7. The van der Waals surface area contributed by atoms with Gasteiger partial charge in [-0.25, -0.2) is 18.3 Å². The summed E-state index contributed by atoms with van der Waals surface area (Å²) in [7, 11) is 0. The number of nitrogens with zero attached hydrogens (tertiary/aromatic N) is 3. The van der Waals surface area contributed by atoms with Crippen molar-refractivity contribution in [2.45, 2.75) is 53.4 Å². The van der Waals surface area contributed by atoms with Crippen LogP contribution in [-0.4, -0.2) is 35.2 Å². The lowest BCUT2D eigenvalue weighted by atomic mass is 9.92. The van der Waals surface area contributed by atoms with Crippen LogP contribution >= 0.6 is 11.6 Å². The Labute approximate surface area is 276 Å². The van der Waals surface area contributed by atoms with Crippen LogP contribution in [0.1, 0.15) is 61.9 Å². The molecule has 8 heteroatoms. The molecular formula is C38H43ClF2N5+. The zero-order valence-corrected chi connectivity index (χ0v) is 28.1. The van der Waals surface area contributed by atoms with Crippen molar-refractivity contribution in [2.75, 3.05) is 13.1 Å². The van der Waals surface area contributed by atoms with Gasteiger partial charge < -0.3 is 10.6 Å². The van der Waals surface area contributed by atoms with Gasteiger partial charge in [-0.2, -0.15) is 0 Å². The molecule has 0 spiro atoms. The van der Waals surface area contributed by atoms with E-state index in [2.05, 4.69) is 35.5 Å². The third kappa shape index (κ3) is 7.88. The average molecular weight is 643 g/mol. The Morgan fingerprint density at radius 2 is 1.80 bits per heavy atom. The topological polar surface area (TPSA) is 52.3 Å². The number of rotatable bonds is 10. The Morgan fingerprint density at radius 3 is 2.46 bits per heavy atom. The molecule has 5 rings (SSSR count). The first-order valence-corrected chi connectivity index (χ1v) is 16.1. The van der Waals surface area contributed by atoms with Crippen LogP contribution in [-0.2, 0) is 0 Å². The van der Waals surface area contributed by atoms with E-state index in [0.29, 0.717) is 52.4 Å². The fourth-order valence-electron chi connectivity index (χ4n) is 5.17. The molecule has 1 aromatic heterocycles. The van der Waals surface area contributed by atoms with E-state index in [1.165, 1.54) is 6.07 Å².